The Morgan fingerprint density at radius 1 is 1.57 bits per heavy atom. The standard InChI is InChI=1S/C10H13N3O/c1-7-4-10(14)13(6-7)8-2-3-9(11)12-5-8/h2-3,5,7H,4,6H2,1H3,(H2,11,12)/t7-/m0/s1. The Labute approximate surface area is 82.7 Å². The molecule has 1 aromatic heterocycles. The van der Waals surface area contributed by atoms with E-state index in [9.17, 15) is 4.79 Å². The molecule has 4 heteroatoms. The largest absolute Gasteiger partial charge is 0.384 e. The minimum Gasteiger partial charge on any atom is -0.384 e. The third-order valence-electron chi connectivity index (χ3n) is 2.40. The SMILES string of the molecule is C[C@H]1CC(=O)N(c2ccc(N)nc2)C1. The summed E-state index contributed by atoms with van der Waals surface area (Å²) in [7, 11) is 0. The zero-order chi connectivity index (χ0) is 10.1. The average molecular weight is 191 g/mol. The van der Waals surface area contributed by atoms with Gasteiger partial charge in [-0.1, -0.05) is 6.92 Å². The van der Waals surface area contributed by atoms with Crippen LogP contribution < -0.4 is 10.6 Å². The molecule has 0 aromatic carbocycles. The van der Waals surface area contributed by atoms with Gasteiger partial charge in [0.2, 0.25) is 5.91 Å². The number of hydrogen-bond acceptors (Lipinski definition) is 3. The maximum absolute atomic E-state index is 11.5. The van der Waals surface area contributed by atoms with Crippen molar-refractivity contribution in [3.8, 4) is 0 Å². The third-order valence-corrected chi connectivity index (χ3v) is 2.40. The molecule has 14 heavy (non-hydrogen) atoms. The van der Waals surface area contributed by atoms with Crippen molar-refractivity contribution in [3.05, 3.63) is 18.3 Å². The normalized spacial score (nSPS) is 21.6. The van der Waals surface area contributed by atoms with Crippen molar-refractivity contribution in [2.24, 2.45) is 5.92 Å². The van der Waals surface area contributed by atoms with Crippen LogP contribution in [0.1, 0.15) is 13.3 Å². The van der Waals surface area contributed by atoms with Crippen LogP contribution in [0.25, 0.3) is 0 Å². The van der Waals surface area contributed by atoms with Crippen molar-refractivity contribution in [2.45, 2.75) is 13.3 Å². The molecule has 1 aliphatic rings. The van der Waals surface area contributed by atoms with Gasteiger partial charge in [0.25, 0.3) is 0 Å². The Bertz CT molecular complexity index is 347. The Morgan fingerprint density at radius 3 is 2.86 bits per heavy atom. The number of hydrogen-bond donors (Lipinski definition) is 1. The number of nitrogens with zero attached hydrogens (tertiary/aromatic N) is 2. The first-order valence-corrected chi connectivity index (χ1v) is 4.68. The molecule has 0 unspecified atom stereocenters. The van der Waals surface area contributed by atoms with E-state index in [1.54, 1.807) is 17.2 Å². The molecule has 0 spiro atoms. The van der Waals surface area contributed by atoms with E-state index >= 15 is 0 Å². The molecular formula is C10H13N3O. The minimum absolute atomic E-state index is 0.170. The van der Waals surface area contributed by atoms with Gasteiger partial charge in [-0.25, -0.2) is 4.98 Å². The Kier molecular flexibility index (Phi) is 2.11. The van der Waals surface area contributed by atoms with Crippen LogP contribution in [0, 0.1) is 5.92 Å². The molecule has 1 aromatic rings. The average Bonchev–Trinajstić information content (AvgIpc) is 2.47. The first-order valence-electron chi connectivity index (χ1n) is 4.68. The second kappa shape index (κ2) is 3.29. The highest BCUT2D eigenvalue weighted by molar-refractivity contribution is 5.95. The molecule has 0 aliphatic carbocycles. The van der Waals surface area contributed by atoms with Crippen molar-refractivity contribution in [2.75, 3.05) is 17.2 Å². The fourth-order valence-corrected chi connectivity index (χ4v) is 1.69. The summed E-state index contributed by atoms with van der Waals surface area (Å²) in [5.74, 6) is 1.08. The number of anilines is 2. The van der Waals surface area contributed by atoms with E-state index < -0.39 is 0 Å². The van der Waals surface area contributed by atoms with Gasteiger partial charge in [-0.15, -0.1) is 0 Å². The van der Waals surface area contributed by atoms with Crippen LogP contribution in [0.4, 0.5) is 11.5 Å². The van der Waals surface area contributed by atoms with Crippen LogP contribution in [0.3, 0.4) is 0 Å². The second-order valence-electron chi connectivity index (χ2n) is 3.75. The van der Waals surface area contributed by atoms with Gasteiger partial charge in [0.15, 0.2) is 0 Å². The van der Waals surface area contributed by atoms with E-state index in [4.69, 9.17) is 5.73 Å². The van der Waals surface area contributed by atoms with Gasteiger partial charge < -0.3 is 10.6 Å². The molecule has 1 atom stereocenters. The summed E-state index contributed by atoms with van der Waals surface area (Å²) >= 11 is 0. The topological polar surface area (TPSA) is 59.2 Å². The first-order chi connectivity index (χ1) is 6.66. The summed E-state index contributed by atoms with van der Waals surface area (Å²) in [6, 6.07) is 3.55. The number of rotatable bonds is 1. The van der Waals surface area contributed by atoms with Crippen LogP contribution in [0.2, 0.25) is 0 Å². The lowest BCUT2D eigenvalue weighted by molar-refractivity contribution is -0.117. The summed E-state index contributed by atoms with van der Waals surface area (Å²) < 4.78 is 0. The summed E-state index contributed by atoms with van der Waals surface area (Å²) in [6.45, 7) is 2.85. The fraction of sp³-hybridized carbons (Fsp3) is 0.400. The summed E-state index contributed by atoms with van der Waals surface area (Å²) in [4.78, 5) is 17.3. The van der Waals surface area contributed by atoms with Crippen LogP contribution in [0.15, 0.2) is 18.3 Å². The molecule has 2 heterocycles. The van der Waals surface area contributed by atoms with Gasteiger partial charge in [-0.2, -0.15) is 0 Å². The molecule has 0 radical (unpaired) electrons. The van der Waals surface area contributed by atoms with Gasteiger partial charge in [-0.05, 0) is 18.1 Å². The van der Waals surface area contributed by atoms with Crippen molar-refractivity contribution < 1.29 is 4.79 Å². The molecule has 0 saturated carbocycles. The van der Waals surface area contributed by atoms with Crippen LogP contribution >= 0.6 is 0 Å². The van der Waals surface area contributed by atoms with Crippen LogP contribution in [0.5, 0.6) is 0 Å². The van der Waals surface area contributed by atoms with E-state index in [2.05, 4.69) is 11.9 Å². The predicted molar refractivity (Wildman–Crippen MR) is 54.8 cm³/mol. The van der Waals surface area contributed by atoms with Crippen LogP contribution in [-0.2, 0) is 4.79 Å². The summed E-state index contributed by atoms with van der Waals surface area (Å²) in [5, 5.41) is 0. The molecule has 2 rings (SSSR count). The number of nitrogen functional groups attached to an aromatic ring is 1. The molecule has 2 N–H and O–H groups in total. The quantitative estimate of drug-likeness (QED) is 0.721. The Balaban J connectivity index is 2.23. The van der Waals surface area contributed by atoms with E-state index in [1.807, 2.05) is 6.07 Å². The van der Waals surface area contributed by atoms with Gasteiger partial charge >= 0.3 is 0 Å². The highest BCUT2D eigenvalue weighted by atomic mass is 16.2. The molecule has 4 nitrogen and oxygen atoms in total. The van der Waals surface area contributed by atoms with Crippen molar-refractivity contribution >= 4 is 17.4 Å². The number of nitrogens with two attached hydrogens (primary N) is 1. The third kappa shape index (κ3) is 1.55. The van der Waals surface area contributed by atoms with E-state index in [-0.39, 0.29) is 5.91 Å². The van der Waals surface area contributed by atoms with E-state index in [0.29, 0.717) is 18.2 Å². The van der Waals surface area contributed by atoms with Gasteiger partial charge in [-0.3, -0.25) is 4.79 Å². The smallest absolute Gasteiger partial charge is 0.227 e. The summed E-state index contributed by atoms with van der Waals surface area (Å²) in [6.07, 6.45) is 2.27. The van der Waals surface area contributed by atoms with E-state index in [1.165, 1.54) is 0 Å². The van der Waals surface area contributed by atoms with Crippen molar-refractivity contribution in [1.29, 1.82) is 0 Å². The first kappa shape index (κ1) is 8.99. The monoisotopic (exact) mass is 191 g/mol. The van der Waals surface area contributed by atoms with Gasteiger partial charge in [0, 0.05) is 13.0 Å². The number of carbonyl (C=O) groups is 1. The van der Waals surface area contributed by atoms with E-state index in [0.717, 1.165) is 12.2 Å². The lowest BCUT2D eigenvalue weighted by atomic mass is 10.2. The molecular weight excluding hydrogens is 178 g/mol. The highest BCUT2D eigenvalue weighted by Gasteiger charge is 2.27. The molecule has 1 aliphatic heterocycles. The molecule has 1 amide bonds. The van der Waals surface area contributed by atoms with Crippen LogP contribution in [-0.4, -0.2) is 17.4 Å². The van der Waals surface area contributed by atoms with Gasteiger partial charge in [0.1, 0.15) is 5.82 Å². The van der Waals surface area contributed by atoms with Crippen molar-refractivity contribution in [3.63, 3.8) is 0 Å². The zero-order valence-corrected chi connectivity index (χ0v) is 8.10. The lowest BCUT2D eigenvalue weighted by Crippen LogP contribution is -2.24. The Hall–Kier alpha value is -1.58. The fourth-order valence-electron chi connectivity index (χ4n) is 1.69. The number of pyridine rings is 1. The summed E-state index contributed by atoms with van der Waals surface area (Å²) in [5.41, 5.74) is 6.31. The number of carbonyl (C=O) groups excluding carboxylic acids is 1. The molecule has 0 bridgehead atoms. The second-order valence-corrected chi connectivity index (χ2v) is 3.75. The maximum atomic E-state index is 11.5. The number of amides is 1. The Morgan fingerprint density at radius 2 is 2.36 bits per heavy atom. The molecule has 74 valence electrons. The van der Waals surface area contributed by atoms with Gasteiger partial charge in [0.05, 0.1) is 11.9 Å². The number of aromatic nitrogens is 1. The lowest BCUT2D eigenvalue weighted by Gasteiger charge is -2.15. The van der Waals surface area contributed by atoms with Crippen molar-refractivity contribution in [1.82, 2.24) is 4.98 Å². The maximum Gasteiger partial charge on any atom is 0.227 e. The minimum atomic E-state index is 0.170. The highest BCUT2D eigenvalue weighted by Crippen LogP contribution is 2.24. The molecule has 1 saturated heterocycles. The predicted octanol–water partition coefficient (Wildman–Crippen LogP) is 1.04. The molecule has 1 fully saturated rings. The zero-order valence-electron chi connectivity index (χ0n) is 8.10.